The van der Waals surface area contributed by atoms with E-state index in [9.17, 15) is 0 Å². The summed E-state index contributed by atoms with van der Waals surface area (Å²) < 4.78 is 6.68. The van der Waals surface area contributed by atoms with Gasteiger partial charge in [-0.25, -0.2) is 5.43 Å². The van der Waals surface area contributed by atoms with Crippen molar-refractivity contribution in [2.45, 2.75) is 6.92 Å². The maximum atomic E-state index is 6.68. The van der Waals surface area contributed by atoms with Crippen LogP contribution in [-0.4, -0.2) is 16.7 Å². The van der Waals surface area contributed by atoms with Gasteiger partial charge in [0.05, 0.1) is 5.71 Å². The number of aromatic amines is 1. The summed E-state index contributed by atoms with van der Waals surface area (Å²) in [4.78, 5) is 3.16. The molecule has 1 heterocycles. The molecule has 0 unspecified atom stereocenters. The number of nitrogens with one attached hydrogen (secondary N) is 3. The Kier molecular flexibility index (Phi) is 3.62. The lowest BCUT2D eigenvalue weighted by Crippen LogP contribution is -2.26. The van der Waals surface area contributed by atoms with E-state index in [-0.39, 0.29) is 18.4 Å². The SMILES string of the molecule is Cl.[H]/N=C(\N)NN=C(C)c1c[nH]c2ccccc12. The van der Waals surface area contributed by atoms with Crippen LogP contribution in [-0.2, 0) is 0 Å². The number of hydrazone groups is 1. The molecule has 0 saturated carbocycles. The lowest BCUT2D eigenvalue weighted by atomic mass is 10.1. The largest absolute Gasteiger partial charge is 0.369 e. The van der Waals surface area contributed by atoms with Gasteiger partial charge in [0.25, 0.3) is 0 Å². The summed E-state index contributed by atoms with van der Waals surface area (Å²) >= 11 is 0. The third-order valence-corrected chi connectivity index (χ3v) is 2.32. The number of hydrogen-bond acceptors (Lipinski definition) is 2. The van der Waals surface area contributed by atoms with Crippen molar-refractivity contribution in [2.24, 2.45) is 10.8 Å². The number of guanidine groups is 1. The number of halogens is 1. The molecule has 2 aromatic rings. The van der Waals surface area contributed by atoms with Crippen LogP contribution < -0.4 is 11.2 Å². The van der Waals surface area contributed by atoms with Crippen LogP contribution in [0.2, 0.25) is 1.41 Å². The predicted octanol–water partition coefficient (Wildman–Crippen LogP) is 1.80. The highest BCUT2D eigenvalue weighted by Crippen LogP contribution is 2.17. The lowest BCUT2D eigenvalue weighted by Gasteiger charge is -1.99. The minimum absolute atomic E-state index is 0. The van der Waals surface area contributed by atoms with Gasteiger partial charge in [-0.1, -0.05) is 18.2 Å². The fourth-order valence-corrected chi connectivity index (χ4v) is 1.57. The van der Waals surface area contributed by atoms with Gasteiger partial charge in [-0.15, -0.1) is 12.4 Å². The first kappa shape index (κ1) is 11.5. The average Bonchev–Trinajstić information content (AvgIpc) is 2.79. The molecule has 90 valence electrons. The molecule has 0 radical (unpaired) electrons. The molecule has 1 aromatic carbocycles. The highest BCUT2D eigenvalue weighted by atomic mass is 35.5. The van der Waals surface area contributed by atoms with E-state index in [2.05, 4.69) is 20.9 Å². The van der Waals surface area contributed by atoms with Gasteiger partial charge >= 0.3 is 0 Å². The number of benzene rings is 1. The minimum atomic E-state index is -0.0378. The maximum Gasteiger partial charge on any atom is 0.206 e. The number of hydrogen-bond donors (Lipinski definition) is 4. The van der Waals surface area contributed by atoms with Gasteiger partial charge in [0.2, 0.25) is 5.96 Å². The Balaban J connectivity index is 0.00000162. The first-order chi connectivity index (χ1) is 8.22. The Morgan fingerprint density at radius 3 is 3.06 bits per heavy atom. The lowest BCUT2D eigenvalue weighted by molar-refractivity contribution is 0.992. The fraction of sp³-hybridized carbons (Fsp3) is 0.0909. The van der Waals surface area contributed by atoms with Crippen molar-refractivity contribution >= 4 is 35.0 Å². The van der Waals surface area contributed by atoms with E-state index >= 15 is 0 Å². The Bertz CT molecular complexity index is 590. The van der Waals surface area contributed by atoms with Crippen LogP contribution in [0, 0.1) is 5.40 Å². The number of rotatable bonds is 2. The molecule has 0 amide bonds. The van der Waals surface area contributed by atoms with Crippen LogP contribution in [0.25, 0.3) is 10.9 Å². The van der Waals surface area contributed by atoms with E-state index in [0.29, 0.717) is 0 Å². The highest BCUT2D eigenvalue weighted by molar-refractivity contribution is 6.09. The molecule has 0 bridgehead atoms. The number of H-pyrrole nitrogens is 1. The minimum Gasteiger partial charge on any atom is -0.369 e. The van der Waals surface area contributed by atoms with Crippen LogP contribution >= 0.6 is 12.4 Å². The van der Waals surface area contributed by atoms with Gasteiger partial charge in [-0.05, 0) is 13.0 Å². The quantitative estimate of drug-likeness (QED) is 0.372. The normalized spacial score (nSPS) is 13.1. The third-order valence-electron chi connectivity index (χ3n) is 2.32. The van der Waals surface area contributed by atoms with Crippen molar-refractivity contribution in [1.82, 2.24) is 10.4 Å². The average molecular weight is 252 g/mol. The molecule has 0 fully saturated rings. The van der Waals surface area contributed by atoms with Crippen molar-refractivity contribution in [3.05, 3.63) is 36.0 Å². The molecule has 0 aliphatic rings. The summed E-state index contributed by atoms with van der Waals surface area (Å²) in [5, 5.41) is 8.18. The van der Waals surface area contributed by atoms with Gasteiger partial charge in [0.1, 0.15) is 0 Å². The van der Waals surface area contributed by atoms with E-state index in [4.69, 9.17) is 7.15 Å². The van der Waals surface area contributed by atoms with Crippen LogP contribution in [0.5, 0.6) is 0 Å². The van der Waals surface area contributed by atoms with Crippen molar-refractivity contribution in [2.75, 3.05) is 0 Å². The Hall–Kier alpha value is -2.01. The topological polar surface area (TPSA) is 90.1 Å². The Labute approximate surface area is 106 Å². The number of fused-ring (bicyclic) bond motifs is 1. The zero-order valence-corrected chi connectivity index (χ0v) is 10.1. The highest BCUT2D eigenvalue weighted by Gasteiger charge is 2.05. The molecule has 5 N–H and O–H groups in total. The summed E-state index contributed by atoms with van der Waals surface area (Å²) in [6.07, 6.45) is 1.89. The Morgan fingerprint density at radius 2 is 2.29 bits per heavy atom. The summed E-state index contributed by atoms with van der Waals surface area (Å²) in [5.41, 5.74) is 10.6. The molecule has 1 aromatic heterocycles. The predicted molar refractivity (Wildman–Crippen MR) is 72.8 cm³/mol. The summed E-state index contributed by atoms with van der Waals surface area (Å²) in [6.45, 7) is 1.86. The van der Waals surface area contributed by atoms with Gasteiger partial charge in [-0.2, -0.15) is 5.10 Å². The number of nitrogens with two attached hydrogens (primary N) is 1. The van der Waals surface area contributed by atoms with E-state index in [1.165, 1.54) is 0 Å². The molecule has 6 heteroatoms. The molecular formula is C11H14ClN5. The van der Waals surface area contributed by atoms with Gasteiger partial charge in [-0.3, -0.25) is 5.40 Å². The van der Waals surface area contributed by atoms with E-state index in [1.54, 1.807) is 0 Å². The molecule has 0 atom stereocenters. The zero-order valence-electron chi connectivity index (χ0n) is 10.3. The second-order valence-electron chi connectivity index (χ2n) is 3.44. The molecular weight excluding hydrogens is 238 g/mol. The first-order valence-corrected chi connectivity index (χ1v) is 4.86. The maximum absolute atomic E-state index is 6.68. The third kappa shape index (κ3) is 2.76. The van der Waals surface area contributed by atoms with E-state index < -0.39 is 0 Å². The van der Waals surface area contributed by atoms with Gasteiger partial charge in [0, 0.05) is 22.7 Å². The fourth-order valence-electron chi connectivity index (χ4n) is 1.57. The molecule has 2 rings (SSSR count). The van der Waals surface area contributed by atoms with Crippen LogP contribution in [0.4, 0.5) is 0 Å². The second-order valence-corrected chi connectivity index (χ2v) is 3.44. The molecule has 17 heavy (non-hydrogen) atoms. The number of nitrogens with zero attached hydrogens (tertiary/aromatic N) is 1. The molecule has 0 aliphatic carbocycles. The summed E-state index contributed by atoms with van der Waals surface area (Å²) in [7, 11) is 0. The van der Waals surface area contributed by atoms with Crippen LogP contribution in [0.15, 0.2) is 35.6 Å². The number of para-hydroxylation sites is 1. The zero-order chi connectivity index (χ0) is 12.3. The number of aromatic nitrogens is 1. The molecule has 0 saturated heterocycles. The van der Waals surface area contributed by atoms with Crippen LogP contribution in [0.3, 0.4) is 0 Å². The smallest absolute Gasteiger partial charge is 0.206 e. The summed E-state index contributed by atoms with van der Waals surface area (Å²) in [6, 6.07) is 7.96. The van der Waals surface area contributed by atoms with Crippen molar-refractivity contribution < 1.29 is 1.41 Å². The Morgan fingerprint density at radius 1 is 1.53 bits per heavy atom. The monoisotopic (exact) mass is 251 g/mol. The first-order valence-electron chi connectivity index (χ1n) is 5.31. The van der Waals surface area contributed by atoms with E-state index in [1.807, 2.05) is 37.4 Å². The standard InChI is InChI=1S/C11H13N5.ClH/c1-7(15-16-11(12)13)9-6-14-10-5-3-2-4-8(9)10;/h2-6,14H,1H3,(H4,12,13,16);1H. The van der Waals surface area contributed by atoms with Crippen molar-refractivity contribution in [1.29, 1.82) is 5.40 Å². The summed E-state index contributed by atoms with van der Waals surface area (Å²) in [5.74, 6) is -0.0378. The van der Waals surface area contributed by atoms with Gasteiger partial charge in [0.15, 0.2) is 1.41 Å². The molecule has 5 nitrogen and oxygen atoms in total. The molecule has 0 aliphatic heterocycles. The van der Waals surface area contributed by atoms with Crippen molar-refractivity contribution in [3.8, 4) is 0 Å². The van der Waals surface area contributed by atoms with Gasteiger partial charge < -0.3 is 10.7 Å². The molecule has 0 spiro atoms. The van der Waals surface area contributed by atoms with Crippen LogP contribution in [0.1, 0.15) is 12.5 Å². The second kappa shape index (κ2) is 5.36. The van der Waals surface area contributed by atoms with Crippen molar-refractivity contribution in [3.63, 3.8) is 0 Å². The van der Waals surface area contributed by atoms with E-state index in [0.717, 1.165) is 22.2 Å².